The molecule has 1 aliphatic carbocycles. The fourth-order valence-electron chi connectivity index (χ4n) is 1.69. The zero-order valence-corrected chi connectivity index (χ0v) is 8.02. The molecule has 3 nitrogen and oxygen atoms in total. The van der Waals surface area contributed by atoms with Crippen LogP contribution < -0.4 is 5.32 Å². The number of hydrogen-bond acceptors (Lipinski definition) is 4. The summed E-state index contributed by atoms with van der Waals surface area (Å²) in [7, 11) is 1.89. The Morgan fingerprint density at radius 3 is 2.75 bits per heavy atom. The van der Waals surface area contributed by atoms with E-state index in [1.807, 2.05) is 7.05 Å². The van der Waals surface area contributed by atoms with Crippen molar-refractivity contribution in [2.24, 2.45) is 0 Å². The van der Waals surface area contributed by atoms with E-state index in [9.17, 15) is 0 Å². The zero-order chi connectivity index (χ0) is 8.39. The number of nitrogens with zero attached hydrogens (tertiary/aromatic N) is 2. The quantitative estimate of drug-likeness (QED) is 0.764. The van der Waals surface area contributed by atoms with E-state index in [-0.39, 0.29) is 0 Å². The van der Waals surface area contributed by atoms with Gasteiger partial charge in [0.05, 0.1) is 0 Å². The maximum Gasteiger partial charge on any atom is 0.202 e. The van der Waals surface area contributed by atoms with Crippen LogP contribution in [0.25, 0.3) is 0 Å². The molecule has 66 valence electrons. The minimum absolute atomic E-state index is 0.642. The molecule has 4 heteroatoms. The first kappa shape index (κ1) is 7.98. The van der Waals surface area contributed by atoms with Gasteiger partial charge in [0.2, 0.25) is 5.13 Å². The Kier molecular flexibility index (Phi) is 2.26. The highest BCUT2D eigenvalue weighted by atomic mass is 32.1. The Balaban J connectivity index is 2.11. The van der Waals surface area contributed by atoms with E-state index in [0.29, 0.717) is 5.92 Å². The van der Waals surface area contributed by atoms with Crippen molar-refractivity contribution in [3.05, 3.63) is 5.82 Å². The van der Waals surface area contributed by atoms with Gasteiger partial charge in [-0.1, -0.05) is 12.8 Å². The zero-order valence-electron chi connectivity index (χ0n) is 7.21. The van der Waals surface area contributed by atoms with Crippen molar-refractivity contribution >= 4 is 16.7 Å². The predicted octanol–water partition coefficient (Wildman–Crippen LogP) is 2.24. The van der Waals surface area contributed by atoms with E-state index < -0.39 is 0 Å². The predicted molar refractivity (Wildman–Crippen MR) is 50.7 cm³/mol. The average molecular weight is 183 g/mol. The molecule has 1 heterocycles. The lowest BCUT2D eigenvalue weighted by atomic mass is 10.1. The van der Waals surface area contributed by atoms with Crippen molar-refractivity contribution in [1.82, 2.24) is 9.36 Å². The largest absolute Gasteiger partial charge is 0.363 e. The van der Waals surface area contributed by atoms with Crippen molar-refractivity contribution in [1.29, 1.82) is 0 Å². The third kappa shape index (κ3) is 1.43. The van der Waals surface area contributed by atoms with Gasteiger partial charge in [0, 0.05) is 24.5 Å². The molecule has 0 aromatic carbocycles. The van der Waals surface area contributed by atoms with E-state index in [2.05, 4.69) is 14.7 Å². The number of rotatable bonds is 2. The highest BCUT2D eigenvalue weighted by Crippen LogP contribution is 2.33. The lowest BCUT2D eigenvalue weighted by Gasteiger charge is -2.00. The topological polar surface area (TPSA) is 37.8 Å². The van der Waals surface area contributed by atoms with E-state index in [0.717, 1.165) is 11.0 Å². The summed E-state index contributed by atoms with van der Waals surface area (Å²) in [6.07, 6.45) is 5.25. The number of hydrogen-bond donors (Lipinski definition) is 1. The van der Waals surface area contributed by atoms with Gasteiger partial charge >= 0.3 is 0 Å². The second-order valence-electron chi connectivity index (χ2n) is 3.19. The molecule has 0 atom stereocenters. The van der Waals surface area contributed by atoms with E-state index in [4.69, 9.17) is 0 Å². The Hall–Kier alpha value is -0.640. The van der Waals surface area contributed by atoms with Gasteiger partial charge in [0.1, 0.15) is 5.82 Å². The summed E-state index contributed by atoms with van der Waals surface area (Å²) >= 11 is 1.46. The second-order valence-corrected chi connectivity index (χ2v) is 3.94. The van der Waals surface area contributed by atoms with Crippen LogP contribution in [0.15, 0.2) is 0 Å². The molecular formula is C8H13N3S. The van der Waals surface area contributed by atoms with Crippen LogP contribution in [0.4, 0.5) is 5.13 Å². The van der Waals surface area contributed by atoms with Gasteiger partial charge < -0.3 is 5.32 Å². The molecular weight excluding hydrogens is 170 g/mol. The second kappa shape index (κ2) is 3.39. The first-order chi connectivity index (χ1) is 5.90. The molecule has 1 N–H and O–H groups in total. The fraction of sp³-hybridized carbons (Fsp3) is 0.750. The highest BCUT2D eigenvalue weighted by molar-refractivity contribution is 7.09. The maximum atomic E-state index is 4.41. The lowest BCUT2D eigenvalue weighted by Crippen LogP contribution is -1.95. The first-order valence-electron chi connectivity index (χ1n) is 4.41. The molecule has 0 aliphatic heterocycles. The molecule has 0 spiro atoms. The number of aromatic nitrogens is 2. The van der Waals surface area contributed by atoms with Crippen molar-refractivity contribution in [2.45, 2.75) is 31.6 Å². The van der Waals surface area contributed by atoms with Crippen LogP contribution in [-0.2, 0) is 0 Å². The molecule has 1 fully saturated rings. The monoisotopic (exact) mass is 183 g/mol. The number of anilines is 1. The molecule has 0 radical (unpaired) electrons. The third-order valence-electron chi connectivity index (χ3n) is 2.38. The molecule has 12 heavy (non-hydrogen) atoms. The Labute approximate surface area is 76.4 Å². The third-order valence-corrected chi connectivity index (χ3v) is 3.12. The van der Waals surface area contributed by atoms with Gasteiger partial charge in [-0.15, -0.1) is 0 Å². The molecule has 1 aromatic heterocycles. The number of nitrogens with one attached hydrogen (secondary N) is 1. The molecule has 2 rings (SSSR count). The summed E-state index contributed by atoms with van der Waals surface area (Å²) in [4.78, 5) is 4.41. The molecule has 0 amide bonds. The summed E-state index contributed by atoms with van der Waals surface area (Å²) < 4.78 is 4.34. The first-order valence-corrected chi connectivity index (χ1v) is 5.19. The fourth-order valence-corrected chi connectivity index (χ4v) is 2.28. The highest BCUT2D eigenvalue weighted by Gasteiger charge is 2.20. The molecule has 1 saturated carbocycles. The summed E-state index contributed by atoms with van der Waals surface area (Å²) in [5.74, 6) is 1.70. The Morgan fingerprint density at radius 1 is 1.42 bits per heavy atom. The molecule has 1 aromatic rings. The van der Waals surface area contributed by atoms with Crippen molar-refractivity contribution in [3.63, 3.8) is 0 Å². The summed E-state index contributed by atoms with van der Waals surface area (Å²) in [5, 5.41) is 3.96. The lowest BCUT2D eigenvalue weighted by molar-refractivity contribution is 0.682. The SMILES string of the molecule is CNc1nc(C2CCCC2)ns1. The van der Waals surface area contributed by atoms with Crippen molar-refractivity contribution in [3.8, 4) is 0 Å². The van der Waals surface area contributed by atoms with Gasteiger partial charge in [0.25, 0.3) is 0 Å². The molecule has 0 saturated heterocycles. The van der Waals surface area contributed by atoms with Gasteiger partial charge in [-0.3, -0.25) is 0 Å². The van der Waals surface area contributed by atoms with Crippen molar-refractivity contribution < 1.29 is 0 Å². The van der Waals surface area contributed by atoms with Gasteiger partial charge in [-0.2, -0.15) is 4.37 Å². The normalized spacial score (nSPS) is 18.4. The molecule has 1 aliphatic rings. The molecule has 0 bridgehead atoms. The minimum atomic E-state index is 0.642. The standard InChI is InChI=1S/C8H13N3S/c1-9-8-10-7(11-12-8)6-4-2-3-5-6/h6H,2-5H2,1H3,(H,9,10,11). The summed E-state index contributed by atoms with van der Waals surface area (Å²) in [6, 6.07) is 0. The van der Waals surface area contributed by atoms with Gasteiger partial charge in [-0.05, 0) is 12.8 Å². The van der Waals surface area contributed by atoms with Crippen LogP contribution in [-0.4, -0.2) is 16.4 Å². The van der Waals surface area contributed by atoms with Crippen LogP contribution in [0, 0.1) is 0 Å². The smallest absolute Gasteiger partial charge is 0.202 e. The van der Waals surface area contributed by atoms with Crippen LogP contribution in [0.3, 0.4) is 0 Å². The Bertz CT molecular complexity index is 253. The molecule has 0 unspecified atom stereocenters. The van der Waals surface area contributed by atoms with E-state index in [1.54, 1.807) is 0 Å². The van der Waals surface area contributed by atoms with Crippen LogP contribution in [0.2, 0.25) is 0 Å². The summed E-state index contributed by atoms with van der Waals surface area (Å²) in [6.45, 7) is 0. The van der Waals surface area contributed by atoms with Crippen LogP contribution in [0.5, 0.6) is 0 Å². The Morgan fingerprint density at radius 2 is 2.17 bits per heavy atom. The van der Waals surface area contributed by atoms with Crippen LogP contribution >= 0.6 is 11.5 Å². The van der Waals surface area contributed by atoms with E-state index in [1.165, 1.54) is 37.2 Å². The van der Waals surface area contributed by atoms with Gasteiger partial charge in [0.15, 0.2) is 0 Å². The van der Waals surface area contributed by atoms with Crippen molar-refractivity contribution in [2.75, 3.05) is 12.4 Å². The van der Waals surface area contributed by atoms with Gasteiger partial charge in [-0.25, -0.2) is 4.98 Å². The van der Waals surface area contributed by atoms with E-state index >= 15 is 0 Å². The average Bonchev–Trinajstić information content (AvgIpc) is 2.75. The van der Waals surface area contributed by atoms with Crippen LogP contribution in [0.1, 0.15) is 37.4 Å². The summed E-state index contributed by atoms with van der Waals surface area (Å²) in [5.41, 5.74) is 0. The minimum Gasteiger partial charge on any atom is -0.363 e. The maximum absolute atomic E-state index is 4.41.